The van der Waals surface area contributed by atoms with Crippen molar-refractivity contribution < 1.29 is 18.3 Å². The number of aromatic amines is 1. The van der Waals surface area contributed by atoms with Crippen LogP contribution in [-0.4, -0.2) is 61.8 Å². The summed E-state index contributed by atoms with van der Waals surface area (Å²) in [7, 11) is 0.0230. The first-order chi connectivity index (χ1) is 9.25. The molecule has 0 spiro atoms. The molecule has 0 bridgehead atoms. The molecule has 0 amide bonds. The molecule has 0 unspecified atom stereocenters. The number of sulfonamides is 1. The molecule has 0 atom stereocenters. The number of hydrogen-bond donors (Lipinski definition) is 3. The van der Waals surface area contributed by atoms with Gasteiger partial charge >= 0.3 is 5.97 Å². The fraction of sp³-hybridized carbons (Fsp3) is 0.636. The van der Waals surface area contributed by atoms with Crippen molar-refractivity contribution in [3.63, 3.8) is 0 Å². The Morgan fingerprint density at radius 1 is 1.40 bits per heavy atom. The third-order valence-corrected chi connectivity index (χ3v) is 4.31. The number of carbonyl (C=O) groups is 1. The highest BCUT2D eigenvalue weighted by Crippen LogP contribution is 2.17. The maximum atomic E-state index is 12.1. The molecule has 0 aliphatic rings. The zero-order chi connectivity index (χ0) is 15.3. The zero-order valence-electron chi connectivity index (χ0n) is 11.8. The summed E-state index contributed by atoms with van der Waals surface area (Å²) in [4.78, 5) is 12.7. The largest absolute Gasteiger partial charge is 0.476 e. The topological polar surface area (TPSA) is 115 Å². The monoisotopic (exact) mass is 304 g/mol. The van der Waals surface area contributed by atoms with Crippen molar-refractivity contribution in [2.45, 2.75) is 24.7 Å². The average molecular weight is 304 g/mol. The number of aromatic carboxylic acids is 1. The van der Waals surface area contributed by atoms with Crippen molar-refractivity contribution in [2.24, 2.45) is 0 Å². The molecule has 1 heterocycles. The maximum Gasteiger partial charge on any atom is 0.357 e. The van der Waals surface area contributed by atoms with Crippen LogP contribution >= 0.6 is 0 Å². The van der Waals surface area contributed by atoms with E-state index < -0.39 is 21.7 Å². The van der Waals surface area contributed by atoms with Crippen LogP contribution in [0.4, 0.5) is 0 Å². The second-order valence-electron chi connectivity index (χ2n) is 4.74. The van der Waals surface area contributed by atoms with Crippen molar-refractivity contribution in [1.82, 2.24) is 19.8 Å². The summed E-state index contributed by atoms with van der Waals surface area (Å²) in [6.07, 6.45) is 1.53. The second kappa shape index (κ2) is 6.82. The predicted octanol–water partition coefficient (Wildman–Crippen LogP) is 0.0364. The Labute approximate surface area is 118 Å². The highest BCUT2D eigenvalue weighted by molar-refractivity contribution is 7.89. The van der Waals surface area contributed by atoms with E-state index in [9.17, 15) is 13.2 Å². The van der Waals surface area contributed by atoms with Crippen LogP contribution in [0.2, 0.25) is 0 Å². The van der Waals surface area contributed by atoms with Crippen LogP contribution in [0.3, 0.4) is 0 Å². The second-order valence-corrected chi connectivity index (χ2v) is 6.44. The predicted molar refractivity (Wildman–Crippen MR) is 73.3 cm³/mol. The van der Waals surface area contributed by atoms with Gasteiger partial charge in [-0.2, -0.15) is 5.10 Å². The number of H-pyrrole nitrogens is 1. The Bertz CT molecular complexity index is 565. The van der Waals surface area contributed by atoms with Gasteiger partial charge < -0.3 is 10.0 Å². The zero-order valence-corrected chi connectivity index (χ0v) is 12.6. The molecule has 0 saturated heterocycles. The molecule has 20 heavy (non-hydrogen) atoms. The SMILES string of the molecule is Cc1[nH]nc(C(=O)O)c1S(=O)(=O)NCCCCN(C)C. The molecule has 0 fully saturated rings. The van der Waals surface area contributed by atoms with Gasteiger partial charge in [0.05, 0.1) is 5.69 Å². The van der Waals surface area contributed by atoms with E-state index in [0.717, 1.165) is 13.0 Å². The summed E-state index contributed by atoms with van der Waals surface area (Å²) in [5, 5.41) is 14.8. The first kappa shape index (κ1) is 16.6. The first-order valence-electron chi connectivity index (χ1n) is 6.18. The van der Waals surface area contributed by atoms with Gasteiger partial charge in [-0.3, -0.25) is 5.10 Å². The fourth-order valence-corrected chi connectivity index (χ4v) is 3.12. The van der Waals surface area contributed by atoms with Gasteiger partial charge in [-0.25, -0.2) is 17.9 Å². The minimum Gasteiger partial charge on any atom is -0.476 e. The van der Waals surface area contributed by atoms with E-state index in [2.05, 4.69) is 14.9 Å². The van der Waals surface area contributed by atoms with Crippen molar-refractivity contribution in [2.75, 3.05) is 27.2 Å². The van der Waals surface area contributed by atoms with Crippen LogP contribution in [0.15, 0.2) is 4.90 Å². The molecule has 9 heteroatoms. The summed E-state index contributed by atoms with van der Waals surface area (Å²) in [5.41, 5.74) is -0.272. The average Bonchev–Trinajstić information content (AvgIpc) is 2.71. The minimum atomic E-state index is -3.86. The Morgan fingerprint density at radius 2 is 2.05 bits per heavy atom. The van der Waals surface area contributed by atoms with Gasteiger partial charge in [0.25, 0.3) is 0 Å². The number of nitrogens with one attached hydrogen (secondary N) is 2. The Balaban J connectivity index is 2.70. The van der Waals surface area contributed by atoms with E-state index in [1.54, 1.807) is 0 Å². The molecule has 8 nitrogen and oxygen atoms in total. The van der Waals surface area contributed by atoms with Gasteiger partial charge in [0.1, 0.15) is 4.90 Å². The van der Waals surface area contributed by atoms with Crippen LogP contribution in [0.1, 0.15) is 29.0 Å². The molecule has 0 aliphatic carbocycles. The van der Waals surface area contributed by atoms with Crippen LogP contribution < -0.4 is 4.72 Å². The molecule has 1 aromatic rings. The lowest BCUT2D eigenvalue weighted by Crippen LogP contribution is -2.27. The first-order valence-corrected chi connectivity index (χ1v) is 7.66. The molecule has 1 rings (SSSR count). The molecule has 0 radical (unpaired) electrons. The van der Waals surface area contributed by atoms with Crippen molar-refractivity contribution in [3.8, 4) is 0 Å². The summed E-state index contributed by atoms with van der Waals surface area (Å²) >= 11 is 0. The summed E-state index contributed by atoms with van der Waals surface area (Å²) < 4.78 is 26.6. The van der Waals surface area contributed by atoms with Crippen LogP contribution in [-0.2, 0) is 10.0 Å². The van der Waals surface area contributed by atoms with Gasteiger partial charge in [-0.05, 0) is 40.4 Å². The van der Waals surface area contributed by atoms with Crippen molar-refractivity contribution in [1.29, 1.82) is 0 Å². The fourth-order valence-electron chi connectivity index (χ4n) is 1.72. The lowest BCUT2D eigenvalue weighted by atomic mass is 10.3. The number of unbranched alkanes of at least 4 members (excludes halogenated alkanes) is 1. The van der Waals surface area contributed by atoms with Gasteiger partial charge in [-0.1, -0.05) is 0 Å². The summed E-state index contributed by atoms with van der Waals surface area (Å²) in [6, 6.07) is 0. The Hall–Kier alpha value is -1.45. The van der Waals surface area contributed by atoms with Gasteiger partial charge in [-0.15, -0.1) is 0 Å². The number of carboxylic acids is 1. The molecule has 0 aromatic carbocycles. The van der Waals surface area contributed by atoms with Gasteiger partial charge in [0, 0.05) is 6.54 Å². The third kappa shape index (κ3) is 4.29. The van der Waals surface area contributed by atoms with E-state index in [1.165, 1.54) is 6.92 Å². The van der Waals surface area contributed by atoms with E-state index in [4.69, 9.17) is 5.11 Å². The molecular formula is C11H20N4O4S. The molecule has 114 valence electrons. The summed E-state index contributed by atoms with van der Waals surface area (Å²) in [5.74, 6) is -1.37. The quantitative estimate of drug-likeness (QED) is 0.584. The molecule has 1 aromatic heterocycles. The number of nitrogens with zero attached hydrogens (tertiary/aromatic N) is 2. The highest BCUT2D eigenvalue weighted by Gasteiger charge is 2.27. The van der Waals surface area contributed by atoms with Crippen LogP contribution in [0.25, 0.3) is 0 Å². The minimum absolute atomic E-state index is 0.211. The van der Waals surface area contributed by atoms with E-state index >= 15 is 0 Å². The standard InChI is InChI=1S/C11H20N4O4S/c1-8-10(9(11(16)17)14-13-8)20(18,19)12-6-4-5-7-15(2)3/h12H,4-7H2,1-3H3,(H,13,14)(H,16,17). The number of carboxylic acid groups (broad SMARTS) is 1. The highest BCUT2D eigenvalue weighted by atomic mass is 32.2. The molecular weight excluding hydrogens is 284 g/mol. The number of aromatic nitrogens is 2. The Morgan fingerprint density at radius 3 is 2.60 bits per heavy atom. The third-order valence-electron chi connectivity index (χ3n) is 2.69. The Kier molecular flexibility index (Phi) is 5.66. The number of aryl methyl sites for hydroxylation is 1. The maximum absolute atomic E-state index is 12.1. The summed E-state index contributed by atoms with van der Waals surface area (Å²) in [6.45, 7) is 2.60. The van der Waals surface area contributed by atoms with Crippen molar-refractivity contribution >= 4 is 16.0 Å². The van der Waals surface area contributed by atoms with E-state index in [1.807, 2.05) is 19.0 Å². The van der Waals surface area contributed by atoms with Crippen LogP contribution in [0.5, 0.6) is 0 Å². The number of hydrogen-bond acceptors (Lipinski definition) is 5. The molecule has 0 saturated carbocycles. The lowest BCUT2D eigenvalue weighted by molar-refractivity contribution is 0.0686. The normalized spacial score (nSPS) is 12.0. The molecule has 0 aliphatic heterocycles. The molecule has 3 N–H and O–H groups in total. The van der Waals surface area contributed by atoms with Crippen LogP contribution in [0, 0.1) is 6.92 Å². The lowest BCUT2D eigenvalue weighted by Gasteiger charge is -2.10. The smallest absolute Gasteiger partial charge is 0.357 e. The van der Waals surface area contributed by atoms with E-state index in [0.29, 0.717) is 6.42 Å². The van der Waals surface area contributed by atoms with Gasteiger partial charge in [0.2, 0.25) is 10.0 Å². The van der Waals surface area contributed by atoms with Gasteiger partial charge in [0.15, 0.2) is 5.69 Å². The van der Waals surface area contributed by atoms with Crippen molar-refractivity contribution in [3.05, 3.63) is 11.4 Å². The van der Waals surface area contributed by atoms with E-state index in [-0.39, 0.29) is 17.1 Å². The number of rotatable bonds is 8.